The first-order valence-electron chi connectivity index (χ1n) is 7.22. The number of para-hydroxylation sites is 1. The summed E-state index contributed by atoms with van der Waals surface area (Å²) in [6.07, 6.45) is 2.03. The van der Waals surface area contributed by atoms with E-state index in [0.29, 0.717) is 13.2 Å². The Labute approximate surface area is 123 Å². The zero-order valence-corrected chi connectivity index (χ0v) is 12.2. The number of carboxylic acids is 1. The lowest BCUT2D eigenvalue weighted by atomic mass is 10.1. The Morgan fingerprint density at radius 3 is 3.05 bits per heavy atom. The van der Waals surface area contributed by atoms with E-state index in [1.54, 1.807) is 0 Å². The maximum absolute atomic E-state index is 10.8. The van der Waals surface area contributed by atoms with Crippen LogP contribution < -0.4 is 0 Å². The Kier molecular flexibility index (Phi) is 3.94. The average molecular weight is 288 g/mol. The summed E-state index contributed by atoms with van der Waals surface area (Å²) in [6, 6.07) is 8.35. The van der Waals surface area contributed by atoms with Gasteiger partial charge in [0.05, 0.1) is 19.1 Å². The lowest BCUT2D eigenvalue weighted by molar-refractivity contribution is -0.142. The minimum atomic E-state index is -0.799. The quantitative estimate of drug-likeness (QED) is 0.933. The zero-order chi connectivity index (χ0) is 14.8. The molecule has 2 aromatic rings. The number of carboxylic acid groups (broad SMARTS) is 1. The molecule has 1 aliphatic rings. The summed E-state index contributed by atoms with van der Waals surface area (Å²) in [7, 11) is 2.05. The molecule has 2 heterocycles. The number of fused-ring (bicyclic) bond motifs is 1. The van der Waals surface area contributed by atoms with E-state index < -0.39 is 5.97 Å². The summed E-state index contributed by atoms with van der Waals surface area (Å²) in [4.78, 5) is 13.1. The molecule has 0 saturated carbocycles. The highest BCUT2D eigenvalue weighted by Gasteiger charge is 2.23. The number of nitrogens with zero attached hydrogens (tertiary/aromatic N) is 2. The third kappa shape index (κ3) is 3.09. The predicted octanol–water partition coefficient (Wildman–Crippen LogP) is 1.85. The minimum absolute atomic E-state index is 0.0754. The molecule has 1 atom stereocenters. The predicted molar refractivity (Wildman–Crippen MR) is 80.2 cm³/mol. The van der Waals surface area contributed by atoms with Crippen LogP contribution >= 0.6 is 0 Å². The van der Waals surface area contributed by atoms with Crippen molar-refractivity contribution in [2.45, 2.75) is 19.1 Å². The Morgan fingerprint density at radius 2 is 2.24 bits per heavy atom. The number of benzene rings is 1. The fourth-order valence-electron chi connectivity index (χ4n) is 3.03. The Morgan fingerprint density at radius 1 is 1.43 bits per heavy atom. The molecular weight excluding hydrogens is 268 g/mol. The molecule has 1 aromatic carbocycles. The monoisotopic (exact) mass is 288 g/mol. The molecule has 5 nitrogen and oxygen atoms in total. The van der Waals surface area contributed by atoms with Gasteiger partial charge in [0.25, 0.3) is 0 Å². The maximum atomic E-state index is 10.8. The summed E-state index contributed by atoms with van der Waals surface area (Å²) >= 11 is 0. The molecule has 21 heavy (non-hydrogen) atoms. The summed E-state index contributed by atoms with van der Waals surface area (Å²) < 4.78 is 7.66. The van der Waals surface area contributed by atoms with Gasteiger partial charge in [-0.15, -0.1) is 0 Å². The van der Waals surface area contributed by atoms with E-state index in [9.17, 15) is 4.79 Å². The van der Waals surface area contributed by atoms with E-state index in [4.69, 9.17) is 9.84 Å². The number of hydrogen-bond donors (Lipinski definition) is 1. The van der Waals surface area contributed by atoms with Crippen LogP contribution in [0.1, 0.15) is 12.0 Å². The standard InChI is InChI=1S/C16H20N2O3/c1-17-9-12(14-4-2-3-5-15(14)17)10-18-6-7-21-13(11-18)8-16(19)20/h2-5,9,13H,6-8,10-11H2,1H3,(H,19,20). The van der Waals surface area contributed by atoms with Gasteiger partial charge in [-0.05, 0) is 11.6 Å². The normalized spacial score (nSPS) is 20.0. The van der Waals surface area contributed by atoms with E-state index in [-0.39, 0.29) is 12.5 Å². The second kappa shape index (κ2) is 5.87. The highest BCUT2D eigenvalue weighted by molar-refractivity contribution is 5.83. The van der Waals surface area contributed by atoms with Gasteiger partial charge in [0, 0.05) is 43.8 Å². The van der Waals surface area contributed by atoms with Crippen molar-refractivity contribution < 1.29 is 14.6 Å². The molecule has 1 aromatic heterocycles. The highest BCUT2D eigenvalue weighted by Crippen LogP contribution is 2.22. The van der Waals surface area contributed by atoms with Gasteiger partial charge in [-0.2, -0.15) is 0 Å². The molecule has 1 aliphatic heterocycles. The smallest absolute Gasteiger partial charge is 0.306 e. The van der Waals surface area contributed by atoms with E-state index in [0.717, 1.165) is 13.1 Å². The number of aromatic nitrogens is 1. The first kappa shape index (κ1) is 14.1. The zero-order valence-electron chi connectivity index (χ0n) is 12.2. The number of rotatable bonds is 4. The lowest BCUT2D eigenvalue weighted by Crippen LogP contribution is -2.42. The second-order valence-electron chi connectivity index (χ2n) is 5.61. The van der Waals surface area contributed by atoms with E-state index in [2.05, 4.69) is 40.9 Å². The molecule has 1 N–H and O–H groups in total. The summed E-state index contributed by atoms with van der Waals surface area (Å²) in [5.41, 5.74) is 2.51. The van der Waals surface area contributed by atoms with Gasteiger partial charge >= 0.3 is 5.97 Å². The molecule has 0 radical (unpaired) electrons. The molecule has 112 valence electrons. The van der Waals surface area contributed by atoms with Crippen molar-refractivity contribution in [1.29, 1.82) is 0 Å². The van der Waals surface area contributed by atoms with Crippen molar-refractivity contribution in [3.8, 4) is 0 Å². The summed E-state index contributed by atoms with van der Waals surface area (Å²) in [5.74, 6) is -0.799. The largest absolute Gasteiger partial charge is 0.481 e. The van der Waals surface area contributed by atoms with Crippen molar-refractivity contribution >= 4 is 16.9 Å². The number of aryl methyl sites for hydroxylation is 1. The third-order valence-electron chi connectivity index (χ3n) is 4.00. The van der Waals surface area contributed by atoms with Crippen LogP contribution in [0, 0.1) is 0 Å². The van der Waals surface area contributed by atoms with Crippen LogP contribution in [0.2, 0.25) is 0 Å². The Hall–Kier alpha value is -1.85. The molecule has 5 heteroatoms. The van der Waals surface area contributed by atoms with Gasteiger partial charge in [0.2, 0.25) is 0 Å². The van der Waals surface area contributed by atoms with E-state index in [1.165, 1.54) is 16.5 Å². The summed E-state index contributed by atoms with van der Waals surface area (Å²) in [6.45, 7) is 2.96. The molecule has 1 unspecified atom stereocenters. The van der Waals surface area contributed by atoms with Crippen molar-refractivity contribution in [1.82, 2.24) is 9.47 Å². The van der Waals surface area contributed by atoms with Gasteiger partial charge in [-0.3, -0.25) is 9.69 Å². The fourth-order valence-corrected chi connectivity index (χ4v) is 3.03. The maximum Gasteiger partial charge on any atom is 0.306 e. The first-order chi connectivity index (χ1) is 10.1. The van der Waals surface area contributed by atoms with Crippen LogP contribution in [-0.4, -0.2) is 46.3 Å². The van der Waals surface area contributed by atoms with E-state index in [1.807, 2.05) is 6.07 Å². The van der Waals surface area contributed by atoms with Crippen LogP contribution in [0.25, 0.3) is 10.9 Å². The Bertz CT molecular complexity index is 650. The number of carbonyl (C=O) groups is 1. The molecule has 1 fully saturated rings. The van der Waals surface area contributed by atoms with Crippen LogP contribution in [0.4, 0.5) is 0 Å². The van der Waals surface area contributed by atoms with Crippen molar-refractivity contribution in [3.05, 3.63) is 36.0 Å². The topological polar surface area (TPSA) is 54.7 Å². The van der Waals surface area contributed by atoms with Gasteiger partial charge in [0.15, 0.2) is 0 Å². The molecular formula is C16H20N2O3. The van der Waals surface area contributed by atoms with Crippen molar-refractivity contribution in [2.75, 3.05) is 19.7 Å². The Balaban J connectivity index is 1.74. The van der Waals surface area contributed by atoms with Gasteiger partial charge in [-0.25, -0.2) is 0 Å². The molecule has 0 amide bonds. The number of morpholine rings is 1. The first-order valence-corrected chi connectivity index (χ1v) is 7.22. The summed E-state index contributed by atoms with van der Waals surface area (Å²) in [5, 5.41) is 10.1. The van der Waals surface area contributed by atoms with Crippen LogP contribution in [-0.2, 0) is 23.1 Å². The van der Waals surface area contributed by atoms with Crippen molar-refractivity contribution in [2.24, 2.45) is 7.05 Å². The average Bonchev–Trinajstić information content (AvgIpc) is 2.76. The molecule has 0 spiro atoms. The van der Waals surface area contributed by atoms with Crippen LogP contribution in [0.15, 0.2) is 30.5 Å². The SMILES string of the molecule is Cn1cc(CN2CCOC(CC(=O)O)C2)c2ccccc21. The van der Waals surface area contributed by atoms with Gasteiger partial charge in [0.1, 0.15) is 0 Å². The van der Waals surface area contributed by atoms with E-state index >= 15 is 0 Å². The van der Waals surface area contributed by atoms with Crippen LogP contribution in [0.3, 0.4) is 0 Å². The molecule has 3 rings (SSSR count). The minimum Gasteiger partial charge on any atom is -0.481 e. The van der Waals surface area contributed by atoms with Crippen molar-refractivity contribution in [3.63, 3.8) is 0 Å². The number of ether oxygens (including phenoxy) is 1. The number of hydrogen-bond acceptors (Lipinski definition) is 3. The fraction of sp³-hybridized carbons (Fsp3) is 0.438. The second-order valence-corrected chi connectivity index (χ2v) is 5.61. The molecule has 1 saturated heterocycles. The lowest BCUT2D eigenvalue weighted by Gasteiger charge is -2.32. The third-order valence-corrected chi connectivity index (χ3v) is 4.00. The number of aliphatic carboxylic acids is 1. The van der Waals surface area contributed by atoms with Gasteiger partial charge < -0.3 is 14.4 Å². The van der Waals surface area contributed by atoms with Gasteiger partial charge in [-0.1, -0.05) is 18.2 Å². The van der Waals surface area contributed by atoms with Crippen LogP contribution in [0.5, 0.6) is 0 Å². The molecule has 0 bridgehead atoms. The molecule has 0 aliphatic carbocycles. The highest BCUT2D eigenvalue weighted by atomic mass is 16.5.